The van der Waals surface area contributed by atoms with Gasteiger partial charge in [-0.25, -0.2) is 0 Å². The maximum absolute atomic E-state index is 11.0. The molecular weight excluding hydrogens is 306 g/mol. The number of hydrogen-bond donors (Lipinski definition) is 2. The van der Waals surface area contributed by atoms with Gasteiger partial charge in [-0.15, -0.1) is 0 Å². The zero-order valence-corrected chi connectivity index (χ0v) is 13.1. The molecule has 1 aromatic carbocycles. The van der Waals surface area contributed by atoms with Gasteiger partial charge in [0.15, 0.2) is 0 Å². The molecule has 1 atom stereocenters. The first-order chi connectivity index (χ1) is 10.3. The number of carbonyl (C=O) groups is 1. The van der Waals surface area contributed by atoms with Gasteiger partial charge in [-0.3, -0.25) is 9.35 Å². The van der Waals surface area contributed by atoms with Crippen LogP contribution in [0.15, 0.2) is 29.2 Å². The van der Waals surface area contributed by atoms with E-state index in [9.17, 15) is 13.2 Å². The fourth-order valence-electron chi connectivity index (χ4n) is 2.03. The van der Waals surface area contributed by atoms with Gasteiger partial charge < -0.3 is 10.6 Å². The van der Waals surface area contributed by atoms with E-state index in [0.29, 0.717) is 6.54 Å². The molecule has 120 valence electrons. The number of likely N-dealkylation sites (tertiary alicyclic amines) is 1. The quantitative estimate of drug-likeness (QED) is 0.771. The molecule has 0 aliphatic carbocycles. The van der Waals surface area contributed by atoms with Gasteiger partial charge in [-0.1, -0.05) is 17.7 Å². The third-order valence-electron chi connectivity index (χ3n) is 3.22. The van der Waals surface area contributed by atoms with Crippen LogP contribution in [0.1, 0.15) is 18.4 Å². The van der Waals surface area contributed by atoms with Crippen molar-refractivity contribution in [2.75, 3.05) is 13.1 Å². The fraction of sp³-hybridized carbons (Fsp3) is 0.429. The topological polar surface area (TPSA) is 124 Å². The van der Waals surface area contributed by atoms with Gasteiger partial charge in [-0.05, 0) is 31.9 Å². The van der Waals surface area contributed by atoms with Crippen molar-refractivity contribution >= 4 is 16.0 Å². The van der Waals surface area contributed by atoms with Crippen LogP contribution >= 0.6 is 0 Å². The summed E-state index contributed by atoms with van der Waals surface area (Å²) in [5.74, 6) is -0.117. The summed E-state index contributed by atoms with van der Waals surface area (Å²) in [7, 11) is -4.02. The second-order valence-corrected chi connectivity index (χ2v) is 6.29. The van der Waals surface area contributed by atoms with Crippen molar-refractivity contribution in [3.8, 4) is 6.07 Å². The highest BCUT2D eigenvalue weighted by Gasteiger charge is 2.27. The minimum Gasteiger partial charge on any atom is -0.326 e. The third-order valence-corrected chi connectivity index (χ3v) is 4.08. The monoisotopic (exact) mass is 325 g/mol. The molecule has 0 aromatic heterocycles. The zero-order valence-electron chi connectivity index (χ0n) is 12.3. The van der Waals surface area contributed by atoms with Crippen LogP contribution in [0.2, 0.25) is 0 Å². The summed E-state index contributed by atoms with van der Waals surface area (Å²) in [6.07, 6.45) is 1.71. The minimum atomic E-state index is -4.02. The van der Waals surface area contributed by atoms with E-state index in [4.69, 9.17) is 15.5 Å². The molecule has 1 unspecified atom stereocenters. The second kappa shape index (κ2) is 7.89. The first-order valence-electron chi connectivity index (χ1n) is 6.73. The van der Waals surface area contributed by atoms with Gasteiger partial charge in [-0.2, -0.15) is 13.7 Å². The fourth-order valence-corrected chi connectivity index (χ4v) is 2.51. The molecule has 1 heterocycles. The van der Waals surface area contributed by atoms with Gasteiger partial charge >= 0.3 is 0 Å². The summed E-state index contributed by atoms with van der Waals surface area (Å²) in [6, 6.07) is 7.84. The van der Waals surface area contributed by atoms with Crippen LogP contribution in [0.5, 0.6) is 0 Å². The number of benzene rings is 1. The first kappa shape index (κ1) is 18.1. The average molecular weight is 325 g/mol. The largest absolute Gasteiger partial charge is 0.326 e. The van der Waals surface area contributed by atoms with E-state index in [-0.39, 0.29) is 23.4 Å². The predicted octanol–water partition coefficient (Wildman–Crippen LogP) is 0.701. The molecule has 1 fully saturated rings. The lowest BCUT2D eigenvalue weighted by Crippen LogP contribution is -2.38. The van der Waals surface area contributed by atoms with Crippen molar-refractivity contribution in [3.63, 3.8) is 0 Å². The van der Waals surface area contributed by atoms with Crippen LogP contribution in [-0.4, -0.2) is 42.9 Å². The van der Waals surface area contributed by atoms with E-state index < -0.39 is 10.1 Å². The Kier molecular flexibility index (Phi) is 6.49. The Bertz CT molecular complexity index is 650. The lowest BCUT2D eigenvalue weighted by atomic mass is 10.2. The molecule has 3 N–H and O–H groups in total. The SMILES string of the molecule is Cc1ccc(S(=O)(=O)O)cc1.N#CC1CCCN1C(=O)CN. The molecule has 22 heavy (non-hydrogen) atoms. The van der Waals surface area contributed by atoms with Gasteiger partial charge in [0.2, 0.25) is 5.91 Å². The number of rotatable bonds is 2. The first-order valence-corrected chi connectivity index (χ1v) is 8.17. The number of nitrogens with two attached hydrogens (primary N) is 1. The predicted molar refractivity (Wildman–Crippen MR) is 80.4 cm³/mol. The Hall–Kier alpha value is -1.95. The molecule has 1 aliphatic rings. The molecule has 0 spiro atoms. The number of nitriles is 1. The Morgan fingerprint density at radius 3 is 2.50 bits per heavy atom. The summed E-state index contributed by atoms with van der Waals surface area (Å²) in [6.45, 7) is 2.54. The lowest BCUT2D eigenvalue weighted by Gasteiger charge is -2.17. The number of carbonyl (C=O) groups excluding carboxylic acids is 1. The van der Waals surface area contributed by atoms with E-state index in [1.807, 2.05) is 6.92 Å². The van der Waals surface area contributed by atoms with Crippen LogP contribution < -0.4 is 5.73 Å². The highest BCUT2D eigenvalue weighted by atomic mass is 32.2. The molecule has 2 rings (SSSR count). The number of nitrogens with zero attached hydrogens (tertiary/aromatic N) is 2. The summed E-state index contributed by atoms with van der Waals surface area (Å²) in [5.41, 5.74) is 6.12. The molecule has 7 nitrogen and oxygen atoms in total. The van der Waals surface area contributed by atoms with Crippen molar-refractivity contribution in [2.45, 2.75) is 30.7 Å². The molecule has 0 radical (unpaired) electrons. The van der Waals surface area contributed by atoms with E-state index >= 15 is 0 Å². The smallest absolute Gasteiger partial charge is 0.294 e. The van der Waals surface area contributed by atoms with Gasteiger partial charge in [0.25, 0.3) is 10.1 Å². The molecule has 1 saturated heterocycles. The summed E-state index contributed by atoms with van der Waals surface area (Å²) in [5, 5.41) is 8.60. The second-order valence-electron chi connectivity index (χ2n) is 4.87. The van der Waals surface area contributed by atoms with Crippen LogP contribution in [-0.2, 0) is 14.9 Å². The van der Waals surface area contributed by atoms with E-state index in [1.165, 1.54) is 12.1 Å². The average Bonchev–Trinajstić information content (AvgIpc) is 2.95. The van der Waals surface area contributed by atoms with Crippen molar-refractivity contribution in [1.29, 1.82) is 5.26 Å². The van der Waals surface area contributed by atoms with E-state index in [2.05, 4.69) is 6.07 Å². The van der Waals surface area contributed by atoms with Crippen LogP contribution in [0.4, 0.5) is 0 Å². The molecule has 0 saturated carbocycles. The molecule has 1 aromatic rings. The maximum atomic E-state index is 11.0. The van der Waals surface area contributed by atoms with Gasteiger partial charge in [0.1, 0.15) is 6.04 Å². The Labute approximate surface area is 130 Å². The summed E-state index contributed by atoms with van der Waals surface area (Å²) < 4.78 is 29.6. The van der Waals surface area contributed by atoms with Crippen molar-refractivity contribution in [1.82, 2.24) is 4.90 Å². The van der Waals surface area contributed by atoms with Crippen LogP contribution in [0, 0.1) is 18.3 Å². The molecular formula is C14H19N3O4S. The standard InChI is InChI=1S/C7H11N3O.C7H8O3S/c8-4-6-2-1-3-10(6)7(11)5-9;1-6-2-4-7(5-3-6)11(8,9)10/h6H,1-3,5,9H2;2-5H,1H3,(H,8,9,10). The van der Waals surface area contributed by atoms with Gasteiger partial charge in [0, 0.05) is 6.54 Å². The zero-order chi connectivity index (χ0) is 16.8. The van der Waals surface area contributed by atoms with Crippen molar-refractivity contribution in [3.05, 3.63) is 29.8 Å². The lowest BCUT2D eigenvalue weighted by molar-refractivity contribution is -0.129. The highest BCUT2D eigenvalue weighted by Crippen LogP contribution is 2.15. The minimum absolute atomic E-state index is 0.0121. The Morgan fingerprint density at radius 1 is 1.45 bits per heavy atom. The summed E-state index contributed by atoms with van der Waals surface area (Å²) in [4.78, 5) is 12.5. The van der Waals surface area contributed by atoms with Crippen LogP contribution in [0.3, 0.4) is 0 Å². The Morgan fingerprint density at radius 2 is 2.05 bits per heavy atom. The number of amides is 1. The molecule has 1 amide bonds. The van der Waals surface area contributed by atoms with Crippen LogP contribution in [0.25, 0.3) is 0 Å². The Balaban J connectivity index is 0.000000220. The van der Waals surface area contributed by atoms with Crippen molar-refractivity contribution in [2.24, 2.45) is 5.73 Å². The highest BCUT2D eigenvalue weighted by molar-refractivity contribution is 7.85. The normalized spacial score (nSPS) is 17.4. The maximum Gasteiger partial charge on any atom is 0.294 e. The molecule has 8 heteroatoms. The van der Waals surface area contributed by atoms with E-state index in [1.54, 1.807) is 17.0 Å². The summed E-state index contributed by atoms with van der Waals surface area (Å²) >= 11 is 0. The van der Waals surface area contributed by atoms with Gasteiger partial charge in [0.05, 0.1) is 17.5 Å². The number of aryl methyl sites for hydroxylation is 1. The van der Waals surface area contributed by atoms with E-state index in [0.717, 1.165) is 18.4 Å². The molecule has 0 bridgehead atoms. The molecule has 1 aliphatic heterocycles. The number of hydrogen-bond acceptors (Lipinski definition) is 5. The third kappa shape index (κ3) is 5.11. The van der Waals surface area contributed by atoms with Crippen molar-refractivity contribution < 1.29 is 17.8 Å².